The molecule has 7 nitrogen and oxygen atoms in total. The van der Waals surface area contributed by atoms with Crippen molar-refractivity contribution < 1.29 is 19.2 Å². The van der Waals surface area contributed by atoms with Gasteiger partial charge >= 0.3 is 6.03 Å². The van der Waals surface area contributed by atoms with Gasteiger partial charge in [-0.2, -0.15) is 0 Å². The highest BCUT2D eigenvalue weighted by Crippen LogP contribution is 2.33. The summed E-state index contributed by atoms with van der Waals surface area (Å²) in [4.78, 5) is 49.4. The molecule has 0 unspecified atom stereocenters. The lowest BCUT2D eigenvalue weighted by atomic mass is 9.82. The first-order valence-electron chi connectivity index (χ1n) is 8.46. The fourth-order valence-electron chi connectivity index (χ4n) is 3.47. The van der Waals surface area contributed by atoms with Gasteiger partial charge < -0.3 is 10.6 Å². The predicted molar refractivity (Wildman–Crippen MR) is 91.1 cm³/mol. The Morgan fingerprint density at radius 2 is 1.92 bits per heavy atom. The average molecular weight is 343 g/mol. The van der Waals surface area contributed by atoms with E-state index >= 15 is 0 Å². The Morgan fingerprint density at radius 1 is 1.20 bits per heavy atom. The summed E-state index contributed by atoms with van der Waals surface area (Å²) >= 11 is 0. The van der Waals surface area contributed by atoms with Gasteiger partial charge in [-0.25, -0.2) is 4.79 Å². The van der Waals surface area contributed by atoms with Gasteiger partial charge in [-0.05, 0) is 31.9 Å². The summed E-state index contributed by atoms with van der Waals surface area (Å²) in [6, 6.07) is 6.02. The molecule has 3 rings (SSSR count). The Morgan fingerprint density at radius 3 is 2.60 bits per heavy atom. The maximum absolute atomic E-state index is 12.6. The van der Waals surface area contributed by atoms with E-state index in [1.54, 1.807) is 24.3 Å². The van der Waals surface area contributed by atoms with E-state index < -0.39 is 17.5 Å². The summed E-state index contributed by atoms with van der Waals surface area (Å²) in [6.45, 7) is 1.11. The van der Waals surface area contributed by atoms with Crippen LogP contribution in [-0.4, -0.2) is 40.6 Å². The zero-order valence-corrected chi connectivity index (χ0v) is 14.1. The molecule has 1 saturated carbocycles. The quantitative estimate of drug-likeness (QED) is 0.646. The number of hydrogen-bond acceptors (Lipinski definition) is 4. The minimum atomic E-state index is -0.829. The first-order chi connectivity index (χ1) is 11.9. The van der Waals surface area contributed by atoms with E-state index in [1.165, 1.54) is 6.92 Å². The molecular weight excluding hydrogens is 322 g/mol. The van der Waals surface area contributed by atoms with Crippen LogP contribution < -0.4 is 10.6 Å². The molecule has 1 saturated heterocycles. The zero-order valence-electron chi connectivity index (χ0n) is 14.1. The van der Waals surface area contributed by atoms with E-state index in [-0.39, 0.29) is 18.2 Å². The van der Waals surface area contributed by atoms with E-state index in [0.717, 1.165) is 24.2 Å². The van der Waals surface area contributed by atoms with Crippen molar-refractivity contribution in [1.82, 2.24) is 10.2 Å². The second kappa shape index (κ2) is 6.66. The number of benzene rings is 1. The summed E-state index contributed by atoms with van der Waals surface area (Å²) in [7, 11) is 0. The van der Waals surface area contributed by atoms with E-state index in [4.69, 9.17) is 0 Å². The van der Waals surface area contributed by atoms with Gasteiger partial charge in [-0.3, -0.25) is 19.3 Å². The predicted octanol–water partition coefficient (Wildman–Crippen LogP) is 2.08. The van der Waals surface area contributed by atoms with Gasteiger partial charge in [0.2, 0.25) is 5.91 Å². The normalized spacial score (nSPS) is 19.0. The van der Waals surface area contributed by atoms with Gasteiger partial charge in [-0.1, -0.05) is 31.4 Å². The molecule has 132 valence electrons. The first kappa shape index (κ1) is 17.1. The number of Topliss-reactive ketones (excluding diaryl/α,β-unsaturated/α-hetero) is 1. The Kier molecular flexibility index (Phi) is 4.57. The van der Waals surface area contributed by atoms with Crippen molar-refractivity contribution in [3.05, 3.63) is 29.8 Å². The van der Waals surface area contributed by atoms with Crippen LogP contribution in [0.2, 0.25) is 0 Å². The van der Waals surface area contributed by atoms with Crippen LogP contribution in [0.25, 0.3) is 0 Å². The molecule has 1 heterocycles. The third-order valence-electron chi connectivity index (χ3n) is 4.81. The second-order valence-corrected chi connectivity index (χ2v) is 6.65. The maximum Gasteiger partial charge on any atom is 0.325 e. The van der Waals surface area contributed by atoms with Gasteiger partial charge in [-0.15, -0.1) is 0 Å². The molecule has 2 aliphatic rings. The molecule has 0 radical (unpaired) electrons. The third-order valence-corrected chi connectivity index (χ3v) is 4.81. The van der Waals surface area contributed by atoms with Crippen molar-refractivity contribution >= 4 is 29.3 Å². The van der Waals surface area contributed by atoms with Crippen molar-refractivity contribution in [2.24, 2.45) is 0 Å². The molecule has 0 atom stereocenters. The van der Waals surface area contributed by atoms with Crippen LogP contribution in [0.15, 0.2) is 24.3 Å². The van der Waals surface area contributed by atoms with Gasteiger partial charge in [0.25, 0.3) is 5.91 Å². The zero-order chi connectivity index (χ0) is 18.0. The fraction of sp³-hybridized carbons (Fsp3) is 0.444. The smallest absolute Gasteiger partial charge is 0.325 e. The molecule has 2 N–H and O–H groups in total. The average Bonchev–Trinajstić information content (AvgIpc) is 2.80. The SMILES string of the molecule is CC(=O)c1cccc(NC(=O)CN2C(=O)NC3(CCCCC3)C2=O)c1. The van der Waals surface area contributed by atoms with E-state index in [9.17, 15) is 19.2 Å². The molecule has 2 fully saturated rings. The molecule has 1 aromatic carbocycles. The lowest BCUT2D eigenvalue weighted by Gasteiger charge is -2.30. The minimum absolute atomic E-state index is 0.107. The number of nitrogens with zero attached hydrogens (tertiary/aromatic N) is 1. The number of carbonyl (C=O) groups is 4. The summed E-state index contributed by atoms with van der Waals surface area (Å²) in [6.07, 6.45) is 4.08. The summed E-state index contributed by atoms with van der Waals surface area (Å²) in [5, 5.41) is 5.41. The van der Waals surface area contributed by atoms with Gasteiger partial charge in [0.05, 0.1) is 0 Å². The molecule has 0 bridgehead atoms. The first-order valence-corrected chi connectivity index (χ1v) is 8.46. The van der Waals surface area contributed by atoms with Crippen LogP contribution in [0, 0.1) is 0 Å². The Balaban J connectivity index is 1.66. The fourth-order valence-corrected chi connectivity index (χ4v) is 3.47. The Hall–Kier alpha value is -2.70. The highest BCUT2D eigenvalue weighted by molar-refractivity contribution is 6.10. The lowest BCUT2D eigenvalue weighted by Crippen LogP contribution is -2.48. The minimum Gasteiger partial charge on any atom is -0.325 e. The highest BCUT2D eigenvalue weighted by Gasteiger charge is 2.51. The number of nitrogens with one attached hydrogen (secondary N) is 2. The standard InChI is InChI=1S/C18H21N3O4/c1-12(22)13-6-5-7-14(10-13)19-15(23)11-21-16(24)18(20-17(21)25)8-3-2-4-9-18/h5-7,10H,2-4,8-9,11H2,1H3,(H,19,23)(H,20,25). The third kappa shape index (κ3) is 3.40. The number of urea groups is 1. The summed E-state index contributed by atoms with van der Waals surface area (Å²) < 4.78 is 0. The van der Waals surface area contributed by atoms with Gasteiger partial charge in [0, 0.05) is 11.3 Å². The van der Waals surface area contributed by atoms with Gasteiger partial charge in [0.15, 0.2) is 5.78 Å². The molecule has 4 amide bonds. The lowest BCUT2D eigenvalue weighted by molar-refractivity contribution is -0.134. The van der Waals surface area contributed by atoms with E-state index in [2.05, 4.69) is 10.6 Å². The molecule has 0 aromatic heterocycles. The van der Waals surface area contributed by atoms with Crippen molar-refractivity contribution in [1.29, 1.82) is 0 Å². The highest BCUT2D eigenvalue weighted by atomic mass is 16.2. The topological polar surface area (TPSA) is 95.6 Å². The maximum atomic E-state index is 12.6. The summed E-state index contributed by atoms with van der Waals surface area (Å²) in [5.41, 5.74) is 0.107. The number of rotatable bonds is 4. The van der Waals surface area contributed by atoms with Crippen LogP contribution in [-0.2, 0) is 9.59 Å². The molecule has 1 spiro atoms. The Bertz CT molecular complexity index is 738. The van der Waals surface area contributed by atoms with Crippen LogP contribution >= 0.6 is 0 Å². The molecule has 7 heteroatoms. The number of hydrogen-bond donors (Lipinski definition) is 2. The molecule has 1 aliphatic carbocycles. The van der Waals surface area contributed by atoms with Crippen molar-refractivity contribution in [3.8, 4) is 0 Å². The van der Waals surface area contributed by atoms with Crippen molar-refractivity contribution in [2.45, 2.75) is 44.6 Å². The van der Waals surface area contributed by atoms with Crippen molar-refractivity contribution in [3.63, 3.8) is 0 Å². The van der Waals surface area contributed by atoms with E-state index in [0.29, 0.717) is 24.1 Å². The van der Waals surface area contributed by atoms with Gasteiger partial charge in [0.1, 0.15) is 12.1 Å². The van der Waals surface area contributed by atoms with Crippen LogP contribution in [0.1, 0.15) is 49.4 Å². The second-order valence-electron chi connectivity index (χ2n) is 6.65. The molecule has 1 aromatic rings. The number of imide groups is 1. The Labute approximate surface area is 145 Å². The number of ketones is 1. The van der Waals surface area contributed by atoms with Crippen LogP contribution in [0.4, 0.5) is 10.5 Å². The van der Waals surface area contributed by atoms with E-state index in [1.807, 2.05) is 0 Å². The number of anilines is 1. The number of carbonyl (C=O) groups excluding carboxylic acids is 4. The molecular formula is C18H21N3O4. The largest absolute Gasteiger partial charge is 0.325 e. The van der Waals surface area contributed by atoms with Crippen molar-refractivity contribution in [2.75, 3.05) is 11.9 Å². The van der Waals surface area contributed by atoms with Crippen LogP contribution in [0.5, 0.6) is 0 Å². The van der Waals surface area contributed by atoms with Crippen LogP contribution in [0.3, 0.4) is 0 Å². The number of amides is 4. The molecule has 25 heavy (non-hydrogen) atoms. The monoisotopic (exact) mass is 343 g/mol. The molecule has 1 aliphatic heterocycles. The summed E-state index contributed by atoms with van der Waals surface area (Å²) in [5.74, 6) is -0.897.